The summed E-state index contributed by atoms with van der Waals surface area (Å²) >= 11 is 4.93. The first-order chi connectivity index (χ1) is 7.19. The van der Waals surface area contributed by atoms with Gasteiger partial charge in [-0.1, -0.05) is 0 Å². The Kier molecular flexibility index (Phi) is 4.23. The highest BCUT2D eigenvalue weighted by Crippen LogP contribution is 2.14. The van der Waals surface area contributed by atoms with Gasteiger partial charge in [-0.3, -0.25) is 0 Å². The molecule has 0 radical (unpaired) electrons. The molecule has 0 aliphatic carbocycles. The second-order valence-corrected chi connectivity index (χ2v) is 3.10. The molecule has 1 heterocycles. The Bertz CT molecular complexity index is 335. The summed E-state index contributed by atoms with van der Waals surface area (Å²) in [6.07, 6.45) is 0.432. The van der Waals surface area contributed by atoms with Crippen molar-refractivity contribution in [1.29, 1.82) is 0 Å². The molecule has 0 spiro atoms. The maximum absolute atomic E-state index is 5.00. The summed E-state index contributed by atoms with van der Waals surface area (Å²) in [6.45, 7) is 0. The van der Waals surface area contributed by atoms with E-state index in [0.717, 1.165) is 0 Å². The second-order valence-electron chi connectivity index (χ2n) is 2.64. The first-order valence-corrected chi connectivity index (χ1v) is 4.63. The third-order valence-electron chi connectivity index (χ3n) is 1.68. The Morgan fingerprint density at radius 2 is 2.00 bits per heavy atom. The van der Waals surface area contributed by atoms with Gasteiger partial charge in [0.05, 0.1) is 33.4 Å². The monoisotopic (exact) mass is 228 g/mol. The van der Waals surface area contributed by atoms with Crippen LogP contribution >= 0.6 is 12.2 Å². The number of methoxy groups -OCH3 is 3. The van der Waals surface area contributed by atoms with E-state index in [9.17, 15) is 0 Å². The molecule has 0 saturated carbocycles. The van der Waals surface area contributed by atoms with Gasteiger partial charge in [0, 0.05) is 6.07 Å². The van der Waals surface area contributed by atoms with Crippen LogP contribution in [0.2, 0.25) is 0 Å². The van der Waals surface area contributed by atoms with Gasteiger partial charge in [-0.2, -0.15) is 9.97 Å². The van der Waals surface area contributed by atoms with Gasteiger partial charge in [-0.25, -0.2) is 0 Å². The molecule has 5 nitrogen and oxygen atoms in total. The molecule has 82 valence electrons. The van der Waals surface area contributed by atoms with Crippen molar-refractivity contribution < 1.29 is 14.2 Å². The molecule has 1 rings (SSSR count). The number of thiocarbonyl (C=S) groups is 1. The lowest BCUT2D eigenvalue weighted by Gasteiger charge is -2.06. The molecule has 0 atom stereocenters. The van der Waals surface area contributed by atoms with E-state index >= 15 is 0 Å². The normalized spacial score (nSPS) is 9.53. The van der Waals surface area contributed by atoms with Crippen LogP contribution in [0.25, 0.3) is 0 Å². The van der Waals surface area contributed by atoms with Crippen LogP contribution in [0, 0.1) is 0 Å². The quantitative estimate of drug-likeness (QED) is 0.717. The maximum Gasteiger partial charge on any atom is 0.319 e. The van der Waals surface area contributed by atoms with Gasteiger partial charge in [0.25, 0.3) is 0 Å². The number of aromatic nitrogens is 2. The highest BCUT2D eigenvalue weighted by molar-refractivity contribution is 7.80. The zero-order chi connectivity index (χ0) is 11.3. The van der Waals surface area contributed by atoms with E-state index in [-0.39, 0.29) is 6.01 Å². The minimum absolute atomic E-state index is 0.253. The molecule has 0 fully saturated rings. The molecule has 0 amide bonds. The first kappa shape index (κ1) is 11.6. The van der Waals surface area contributed by atoms with E-state index in [1.807, 2.05) is 0 Å². The van der Waals surface area contributed by atoms with E-state index in [1.54, 1.807) is 6.07 Å². The minimum Gasteiger partial charge on any atom is -0.490 e. The lowest BCUT2D eigenvalue weighted by atomic mass is 10.3. The Morgan fingerprint density at radius 3 is 2.53 bits per heavy atom. The van der Waals surface area contributed by atoms with Crippen LogP contribution in [0.5, 0.6) is 11.9 Å². The summed E-state index contributed by atoms with van der Waals surface area (Å²) in [5, 5.41) is 0.456. The molecular weight excluding hydrogens is 216 g/mol. The summed E-state index contributed by atoms with van der Waals surface area (Å²) < 4.78 is 14.8. The van der Waals surface area contributed by atoms with Crippen molar-refractivity contribution in [2.45, 2.75) is 6.42 Å². The Labute approximate surface area is 93.4 Å². The highest BCUT2D eigenvalue weighted by Gasteiger charge is 2.07. The summed E-state index contributed by atoms with van der Waals surface area (Å²) in [7, 11) is 4.55. The molecule has 15 heavy (non-hydrogen) atoms. The lowest BCUT2D eigenvalue weighted by Crippen LogP contribution is -2.06. The largest absolute Gasteiger partial charge is 0.490 e. The van der Waals surface area contributed by atoms with Crippen LogP contribution in [0.1, 0.15) is 5.69 Å². The molecule has 0 aromatic carbocycles. The standard InChI is InChI=1S/C9H12N2O3S/c1-12-7-4-6(5-8(15)13-2)10-9(11-7)14-3/h4H,5H2,1-3H3. The summed E-state index contributed by atoms with van der Waals surface area (Å²) in [6, 6.07) is 1.94. The first-order valence-electron chi connectivity index (χ1n) is 4.22. The summed E-state index contributed by atoms with van der Waals surface area (Å²) in [5.74, 6) is 0.441. The molecule has 0 bridgehead atoms. The maximum atomic E-state index is 5.00. The molecular formula is C9H12N2O3S. The molecule has 0 saturated heterocycles. The lowest BCUT2D eigenvalue weighted by molar-refractivity contribution is 0.349. The zero-order valence-electron chi connectivity index (χ0n) is 8.81. The van der Waals surface area contributed by atoms with Crippen molar-refractivity contribution in [1.82, 2.24) is 9.97 Å². The fraction of sp³-hybridized carbons (Fsp3) is 0.444. The Balaban J connectivity index is 2.91. The summed E-state index contributed by atoms with van der Waals surface area (Å²) in [5.41, 5.74) is 0.700. The Morgan fingerprint density at radius 1 is 1.27 bits per heavy atom. The summed E-state index contributed by atoms with van der Waals surface area (Å²) in [4.78, 5) is 8.07. The smallest absolute Gasteiger partial charge is 0.319 e. The predicted octanol–water partition coefficient (Wildman–Crippen LogP) is 1.01. The van der Waals surface area contributed by atoms with E-state index in [2.05, 4.69) is 9.97 Å². The van der Waals surface area contributed by atoms with Gasteiger partial charge < -0.3 is 14.2 Å². The second kappa shape index (κ2) is 5.45. The van der Waals surface area contributed by atoms with Crippen LogP contribution in [0.3, 0.4) is 0 Å². The van der Waals surface area contributed by atoms with Crippen LogP contribution in [0.4, 0.5) is 0 Å². The topological polar surface area (TPSA) is 53.5 Å². The van der Waals surface area contributed by atoms with E-state index in [1.165, 1.54) is 21.3 Å². The molecule has 0 unspecified atom stereocenters. The minimum atomic E-state index is 0.253. The van der Waals surface area contributed by atoms with Crippen molar-refractivity contribution in [2.75, 3.05) is 21.3 Å². The average Bonchev–Trinajstić information content (AvgIpc) is 2.28. The van der Waals surface area contributed by atoms with Crippen molar-refractivity contribution in [3.63, 3.8) is 0 Å². The third-order valence-corrected chi connectivity index (χ3v) is 1.99. The van der Waals surface area contributed by atoms with E-state index < -0.39 is 0 Å². The van der Waals surface area contributed by atoms with Crippen LogP contribution in [0.15, 0.2) is 6.07 Å². The number of nitrogens with zero attached hydrogens (tertiary/aromatic N) is 2. The fourth-order valence-electron chi connectivity index (χ4n) is 0.956. The van der Waals surface area contributed by atoms with Gasteiger partial charge >= 0.3 is 6.01 Å². The fourth-order valence-corrected chi connectivity index (χ4v) is 1.10. The third kappa shape index (κ3) is 3.32. The van der Waals surface area contributed by atoms with E-state index in [0.29, 0.717) is 23.0 Å². The Hall–Kier alpha value is -1.43. The molecule has 6 heteroatoms. The molecule has 0 N–H and O–H groups in total. The van der Waals surface area contributed by atoms with Crippen LogP contribution in [-0.2, 0) is 11.2 Å². The molecule has 0 aliphatic heterocycles. The van der Waals surface area contributed by atoms with Gasteiger partial charge in [0.15, 0.2) is 5.05 Å². The number of ether oxygens (including phenoxy) is 3. The number of hydrogen-bond donors (Lipinski definition) is 0. The average molecular weight is 228 g/mol. The number of rotatable bonds is 4. The van der Waals surface area contributed by atoms with Crippen molar-refractivity contribution in [2.24, 2.45) is 0 Å². The van der Waals surface area contributed by atoms with Gasteiger partial charge in [-0.15, -0.1) is 0 Å². The van der Waals surface area contributed by atoms with Gasteiger partial charge in [-0.05, 0) is 12.2 Å². The molecule has 0 aliphatic rings. The molecule has 1 aromatic heterocycles. The SMILES string of the molecule is COC(=S)Cc1cc(OC)nc(OC)n1. The van der Waals surface area contributed by atoms with Crippen molar-refractivity contribution >= 4 is 17.3 Å². The van der Waals surface area contributed by atoms with Crippen LogP contribution < -0.4 is 9.47 Å². The van der Waals surface area contributed by atoms with Crippen molar-refractivity contribution in [3.8, 4) is 11.9 Å². The highest BCUT2D eigenvalue weighted by atomic mass is 32.1. The van der Waals surface area contributed by atoms with Gasteiger partial charge in [0.1, 0.15) is 0 Å². The number of hydrogen-bond acceptors (Lipinski definition) is 6. The van der Waals surface area contributed by atoms with Crippen molar-refractivity contribution in [3.05, 3.63) is 11.8 Å². The van der Waals surface area contributed by atoms with Gasteiger partial charge in [0.2, 0.25) is 5.88 Å². The van der Waals surface area contributed by atoms with E-state index in [4.69, 9.17) is 26.4 Å². The van der Waals surface area contributed by atoms with Crippen LogP contribution in [-0.4, -0.2) is 36.3 Å². The zero-order valence-corrected chi connectivity index (χ0v) is 9.63. The predicted molar refractivity (Wildman–Crippen MR) is 58.4 cm³/mol. The molecule has 1 aromatic rings.